The maximum absolute atomic E-state index is 3.59. The van der Waals surface area contributed by atoms with Crippen LogP contribution in [-0.2, 0) is 6.42 Å². The molecule has 1 heterocycles. The van der Waals surface area contributed by atoms with E-state index in [2.05, 4.69) is 61.3 Å². The number of fused-ring (bicyclic) bond motifs is 1. The molecule has 1 N–H and O–H groups in total. The fourth-order valence-corrected chi connectivity index (χ4v) is 3.00. The summed E-state index contributed by atoms with van der Waals surface area (Å²) in [6.45, 7) is 9.02. The van der Waals surface area contributed by atoms with Gasteiger partial charge in [-0.2, -0.15) is 0 Å². The zero-order valence-electron chi connectivity index (χ0n) is 14.2. The van der Waals surface area contributed by atoms with Gasteiger partial charge in [0.25, 0.3) is 0 Å². The van der Waals surface area contributed by atoms with Crippen molar-refractivity contribution in [3.63, 3.8) is 0 Å². The lowest BCUT2D eigenvalue weighted by Gasteiger charge is -2.33. The summed E-state index contributed by atoms with van der Waals surface area (Å²) in [5.41, 5.74) is 4.41. The van der Waals surface area contributed by atoms with Crippen LogP contribution in [0.4, 0.5) is 5.69 Å². The van der Waals surface area contributed by atoms with Crippen LogP contribution in [0.3, 0.4) is 0 Å². The zero-order valence-corrected chi connectivity index (χ0v) is 14.2. The second-order valence-electron chi connectivity index (χ2n) is 6.46. The second kappa shape index (κ2) is 7.81. The summed E-state index contributed by atoms with van der Waals surface area (Å²) < 4.78 is 0. The van der Waals surface area contributed by atoms with Crippen molar-refractivity contribution in [3.8, 4) is 0 Å². The normalized spacial score (nSPS) is 16.1. The van der Waals surface area contributed by atoms with Crippen LogP contribution in [0.1, 0.15) is 43.9 Å². The Kier molecular flexibility index (Phi) is 6.07. The number of aryl methyl sites for hydroxylation is 1. The summed E-state index contributed by atoms with van der Waals surface area (Å²) in [5, 5.41) is 3.59. The van der Waals surface area contributed by atoms with E-state index in [0.29, 0.717) is 6.04 Å². The van der Waals surface area contributed by atoms with Gasteiger partial charge in [0.2, 0.25) is 0 Å². The van der Waals surface area contributed by atoms with Crippen molar-refractivity contribution in [1.82, 2.24) is 10.2 Å². The fraction of sp³-hybridized carbons (Fsp3) is 0.667. The second-order valence-corrected chi connectivity index (χ2v) is 6.46. The van der Waals surface area contributed by atoms with Gasteiger partial charge in [0, 0.05) is 31.4 Å². The highest BCUT2D eigenvalue weighted by Crippen LogP contribution is 2.29. The van der Waals surface area contributed by atoms with Crippen LogP contribution in [0, 0.1) is 0 Å². The number of rotatable bonds is 7. The van der Waals surface area contributed by atoms with Crippen LogP contribution in [0.25, 0.3) is 0 Å². The topological polar surface area (TPSA) is 18.5 Å². The molecule has 0 fully saturated rings. The van der Waals surface area contributed by atoms with Gasteiger partial charge in [-0.25, -0.2) is 0 Å². The molecular formula is C18H31N3. The van der Waals surface area contributed by atoms with Crippen LogP contribution in [0.2, 0.25) is 0 Å². The first-order valence-electron chi connectivity index (χ1n) is 8.37. The molecule has 0 bridgehead atoms. The van der Waals surface area contributed by atoms with E-state index < -0.39 is 0 Å². The molecular weight excluding hydrogens is 258 g/mol. The molecule has 3 heteroatoms. The summed E-state index contributed by atoms with van der Waals surface area (Å²) in [4.78, 5) is 4.81. The highest BCUT2D eigenvalue weighted by molar-refractivity contribution is 5.57. The van der Waals surface area contributed by atoms with Gasteiger partial charge in [0.05, 0.1) is 0 Å². The molecule has 0 spiro atoms. The van der Waals surface area contributed by atoms with Crippen molar-refractivity contribution in [1.29, 1.82) is 0 Å². The minimum atomic E-state index is 0.451. The Labute approximate surface area is 130 Å². The minimum Gasteiger partial charge on any atom is -0.370 e. The highest BCUT2D eigenvalue weighted by Gasteiger charge is 2.18. The summed E-state index contributed by atoms with van der Waals surface area (Å²) in [5.74, 6) is 0. The third kappa shape index (κ3) is 4.45. The molecule has 21 heavy (non-hydrogen) atoms. The smallest absolute Gasteiger partial charge is 0.0399 e. The first-order chi connectivity index (χ1) is 10.1. The molecule has 1 aromatic rings. The molecule has 0 saturated heterocycles. The fourth-order valence-electron chi connectivity index (χ4n) is 3.00. The summed E-state index contributed by atoms with van der Waals surface area (Å²) in [6, 6.07) is 7.52. The van der Waals surface area contributed by atoms with Crippen molar-refractivity contribution < 1.29 is 0 Å². The van der Waals surface area contributed by atoms with Crippen LogP contribution in [-0.4, -0.2) is 45.2 Å². The molecule has 0 amide bonds. The predicted molar refractivity (Wildman–Crippen MR) is 92.2 cm³/mol. The molecule has 0 aromatic heterocycles. The standard InChI is InChI=1S/C18H31N3/c1-5-10-19-15(2)16-8-9-18-17(14-16)7-6-11-21(18)13-12-20(3)4/h8-9,14-15,19H,5-7,10-13H2,1-4H3. The Morgan fingerprint density at radius 3 is 2.86 bits per heavy atom. The third-order valence-corrected chi connectivity index (χ3v) is 4.34. The predicted octanol–water partition coefficient (Wildman–Crippen LogP) is 3.06. The van der Waals surface area contributed by atoms with E-state index in [0.717, 1.165) is 19.6 Å². The molecule has 1 atom stereocenters. The largest absolute Gasteiger partial charge is 0.370 e. The molecule has 0 aliphatic carbocycles. The van der Waals surface area contributed by atoms with Crippen molar-refractivity contribution in [2.75, 3.05) is 45.2 Å². The molecule has 1 aliphatic rings. The monoisotopic (exact) mass is 289 g/mol. The lowest BCUT2D eigenvalue weighted by molar-refractivity contribution is 0.411. The van der Waals surface area contributed by atoms with Crippen LogP contribution in [0.15, 0.2) is 18.2 Å². The van der Waals surface area contributed by atoms with Crippen LogP contribution >= 0.6 is 0 Å². The number of anilines is 1. The molecule has 0 saturated carbocycles. The average molecular weight is 289 g/mol. The van der Waals surface area contributed by atoms with Crippen LogP contribution in [0.5, 0.6) is 0 Å². The molecule has 1 aliphatic heterocycles. The van der Waals surface area contributed by atoms with E-state index in [9.17, 15) is 0 Å². The van der Waals surface area contributed by atoms with E-state index >= 15 is 0 Å². The SMILES string of the molecule is CCCNC(C)c1ccc2c(c1)CCCN2CCN(C)C. The van der Waals surface area contributed by atoms with Crippen molar-refractivity contribution >= 4 is 5.69 Å². The van der Waals surface area contributed by atoms with Gasteiger partial charge in [-0.1, -0.05) is 19.1 Å². The van der Waals surface area contributed by atoms with Gasteiger partial charge in [0.1, 0.15) is 0 Å². The van der Waals surface area contributed by atoms with Gasteiger partial charge in [-0.05, 0) is 64.0 Å². The molecule has 1 unspecified atom stereocenters. The molecule has 118 valence electrons. The number of nitrogens with zero attached hydrogens (tertiary/aromatic N) is 2. The molecule has 1 aromatic carbocycles. The Morgan fingerprint density at radius 2 is 2.14 bits per heavy atom. The van der Waals surface area contributed by atoms with E-state index in [1.54, 1.807) is 0 Å². The Balaban J connectivity index is 2.08. The van der Waals surface area contributed by atoms with E-state index in [1.807, 2.05) is 0 Å². The van der Waals surface area contributed by atoms with Gasteiger partial charge in [0.15, 0.2) is 0 Å². The van der Waals surface area contributed by atoms with Gasteiger partial charge >= 0.3 is 0 Å². The number of hydrogen-bond acceptors (Lipinski definition) is 3. The lowest BCUT2D eigenvalue weighted by Crippen LogP contribution is -2.35. The van der Waals surface area contributed by atoms with Crippen molar-refractivity contribution in [3.05, 3.63) is 29.3 Å². The number of likely N-dealkylation sites (N-methyl/N-ethyl adjacent to an activating group) is 1. The Hall–Kier alpha value is -1.06. The van der Waals surface area contributed by atoms with E-state index in [1.165, 1.54) is 42.6 Å². The molecule has 3 nitrogen and oxygen atoms in total. The number of nitrogens with one attached hydrogen (secondary N) is 1. The maximum atomic E-state index is 3.59. The molecule has 2 rings (SSSR count). The minimum absolute atomic E-state index is 0.451. The van der Waals surface area contributed by atoms with Crippen molar-refractivity contribution in [2.45, 2.75) is 39.2 Å². The quantitative estimate of drug-likeness (QED) is 0.832. The summed E-state index contributed by atoms with van der Waals surface area (Å²) >= 11 is 0. The Morgan fingerprint density at radius 1 is 1.33 bits per heavy atom. The van der Waals surface area contributed by atoms with Crippen LogP contribution < -0.4 is 10.2 Å². The first kappa shape index (κ1) is 16.3. The first-order valence-corrected chi connectivity index (χ1v) is 8.37. The van der Waals surface area contributed by atoms with Gasteiger partial charge in [-0.3, -0.25) is 0 Å². The summed E-state index contributed by atoms with van der Waals surface area (Å²) in [6.07, 6.45) is 3.69. The third-order valence-electron chi connectivity index (χ3n) is 4.34. The zero-order chi connectivity index (χ0) is 15.2. The van der Waals surface area contributed by atoms with Gasteiger partial charge < -0.3 is 15.1 Å². The van der Waals surface area contributed by atoms with E-state index in [-0.39, 0.29) is 0 Å². The molecule has 0 radical (unpaired) electrons. The van der Waals surface area contributed by atoms with Crippen molar-refractivity contribution in [2.24, 2.45) is 0 Å². The number of hydrogen-bond donors (Lipinski definition) is 1. The maximum Gasteiger partial charge on any atom is 0.0399 e. The summed E-state index contributed by atoms with van der Waals surface area (Å²) in [7, 11) is 4.30. The Bertz CT molecular complexity index is 442. The highest BCUT2D eigenvalue weighted by atomic mass is 15.2. The van der Waals surface area contributed by atoms with Gasteiger partial charge in [-0.15, -0.1) is 0 Å². The number of benzene rings is 1. The average Bonchev–Trinajstić information content (AvgIpc) is 2.49. The van der Waals surface area contributed by atoms with E-state index in [4.69, 9.17) is 0 Å². The lowest BCUT2D eigenvalue weighted by atomic mass is 9.96.